The van der Waals surface area contributed by atoms with Gasteiger partial charge in [-0.15, -0.1) is 0 Å². The summed E-state index contributed by atoms with van der Waals surface area (Å²) in [6.07, 6.45) is 3.61. The number of benzene rings is 4. The first-order valence-corrected chi connectivity index (χ1v) is 28.0. The molecule has 7 unspecified atom stereocenters. The average molecular weight is 1090 g/mol. The number of phenolic OH excluding ortho intramolecular Hbond substituents is 1. The lowest BCUT2D eigenvalue weighted by Crippen LogP contribution is -2.61. The van der Waals surface area contributed by atoms with Crippen LogP contribution < -0.4 is 37.1 Å². The van der Waals surface area contributed by atoms with E-state index in [-0.39, 0.29) is 70.5 Å². The molecule has 11 N–H and O–H groups in total. The van der Waals surface area contributed by atoms with Gasteiger partial charge in [-0.1, -0.05) is 112 Å². The Hall–Kier alpha value is -6.90. The number of carbonyl (C=O) groups is 6. The first-order valence-electron chi connectivity index (χ1n) is 28.0. The van der Waals surface area contributed by atoms with E-state index in [4.69, 9.17) is 10.5 Å². The first kappa shape index (κ1) is 59.8. The van der Waals surface area contributed by atoms with Gasteiger partial charge in [0.05, 0.1) is 31.0 Å². The fraction of sp³-hybridized carbons (Fsp3) is 0.500. The molecule has 3 heterocycles. The first-order chi connectivity index (χ1) is 38.0. The third-order valence-corrected chi connectivity index (χ3v) is 15.1. The van der Waals surface area contributed by atoms with Crippen molar-refractivity contribution < 1.29 is 53.9 Å². The molecular formula is C60H80N8O11. The van der Waals surface area contributed by atoms with Gasteiger partial charge in [-0.25, -0.2) is 0 Å². The van der Waals surface area contributed by atoms with Crippen LogP contribution in [0, 0.1) is 0 Å². The van der Waals surface area contributed by atoms with Crippen molar-refractivity contribution in [3.63, 3.8) is 0 Å². The molecule has 0 aromatic heterocycles. The van der Waals surface area contributed by atoms with E-state index in [2.05, 4.69) is 69.9 Å². The van der Waals surface area contributed by atoms with E-state index in [0.717, 1.165) is 44.9 Å². The molecule has 3 aliphatic rings. The Labute approximate surface area is 463 Å². The number of carbonyl (C=O) groups excluding carboxylic acids is 6. The fourth-order valence-corrected chi connectivity index (χ4v) is 10.5. The quantitative estimate of drug-likeness (QED) is 0.0639. The van der Waals surface area contributed by atoms with Crippen LogP contribution in [0.5, 0.6) is 11.5 Å². The summed E-state index contributed by atoms with van der Waals surface area (Å²) < 4.78 is 5.98. The number of fused-ring (bicyclic) bond motifs is 2. The van der Waals surface area contributed by atoms with Gasteiger partial charge in [-0.2, -0.15) is 0 Å². The minimum Gasteiger partial charge on any atom is -0.508 e. The summed E-state index contributed by atoms with van der Waals surface area (Å²) in [5, 5.41) is 56.9. The molecule has 0 radical (unpaired) electrons. The van der Waals surface area contributed by atoms with E-state index in [0.29, 0.717) is 12.2 Å². The smallest absolute Gasteiger partial charge is 0.248 e. The molecule has 79 heavy (non-hydrogen) atoms. The second-order valence-corrected chi connectivity index (χ2v) is 21.4. The molecule has 0 bridgehead atoms. The van der Waals surface area contributed by atoms with Crippen LogP contribution in [-0.2, 0) is 41.7 Å². The van der Waals surface area contributed by atoms with Gasteiger partial charge < -0.3 is 67.3 Å². The number of aliphatic hydroxyl groups excluding tert-OH is 3. The lowest BCUT2D eigenvalue weighted by Gasteiger charge is -2.32. The standard InChI is InChI=1S/C60H80N8O11/c1-4-5-6-7-8-9-31-79-48-27-23-44(24-28-48)43-21-19-42(20-22-43)41-17-12-40(13-18-41)34-63-49-11-10-30-62-57(75)51-32-45(61)35-67(51)59(77)53(37(2)69)66-56(74)50(29-16-39-14-25-46(71)26-15-39)64-58(76)52-33-47(72)36-68(52)60(78)54(38(3)70)65-55(49)73/h12-15,17-28,37-38,45,47,49-54,63,69-72H,4-11,16,29-36,61H2,1-3H3,(H,62,75)(H,64,76)(H,65,73)(H,66,74)/t37?,38?,45-,47+,49-,50?,51?,52?,53?,54?/m0/s1. The van der Waals surface area contributed by atoms with Crippen molar-refractivity contribution in [2.75, 3.05) is 26.2 Å². The maximum Gasteiger partial charge on any atom is 0.248 e. The molecule has 6 amide bonds. The van der Waals surface area contributed by atoms with Crippen LogP contribution in [0.25, 0.3) is 22.3 Å². The van der Waals surface area contributed by atoms with Gasteiger partial charge in [-0.3, -0.25) is 28.8 Å². The summed E-state index contributed by atoms with van der Waals surface area (Å²) in [7, 11) is 0. The van der Waals surface area contributed by atoms with Gasteiger partial charge in [0, 0.05) is 38.6 Å². The molecule has 426 valence electrons. The predicted octanol–water partition coefficient (Wildman–Crippen LogP) is 3.57. The van der Waals surface area contributed by atoms with Crippen molar-refractivity contribution in [1.29, 1.82) is 0 Å². The molecule has 19 heteroatoms. The topological polar surface area (TPSA) is 285 Å². The Morgan fingerprint density at radius 3 is 1.78 bits per heavy atom. The van der Waals surface area contributed by atoms with Crippen molar-refractivity contribution in [3.05, 3.63) is 108 Å². The lowest BCUT2D eigenvalue weighted by molar-refractivity contribution is -0.145. The number of nitrogens with one attached hydrogen (secondary N) is 5. The van der Waals surface area contributed by atoms with Crippen molar-refractivity contribution in [3.8, 4) is 33.8 Å². The molecule has 10 atom stereocenters. The number of aryl methyl sites for hydroxylation is 1. The lowest BCUT2D eigenvalue weighted by atomic mass is 9.99. The summed E-state index contributed by atoms with van der Waals surface area (Å²) >= 11 is 0. The van der Waals surface area contributed by atoms with E-state index in [1.54, 1.807) is 12.1 Å². The molecular weight excluding hydrogens is 1010 g/mol. The highest BCUT2D eigenvalue weighted by molar-refractivity contribution is 5.97. The summed E-state index contributed by atoms with van der Waals surface area (Å²) in [6, 6.07) is 22.1. The largest absolute Gasteiger partial charge is 0.508 e. The van der Waals surface area contributed by atoms with Crippen molar-refractivity contribution >= 4 is 35.4 Å². The van der Waals surface area contributed by atoms with Gasteiger partial charge in [0.2, 0.25) is 35.4 Å². The molecule has 3 aliphatic heterocycles. The number of aromatic hydroxyl groups is 1. The fourth-order valence-electron chi connectivity index (χ4n) is 10.5. The summed E-state index contributed by atoms with van der Waals surface area (Å²) in [4.78, 5) is 87.7. The number of aliphatic hydroxyl groups is 3. The van der Waals surface area contributed by atoms with Crippen molar-refractivity contribution in [2.24, 2.45) is 5.73 Å². The van der Waals surface area contributed by atoms with Crippen LogP contribution in [0.2, 0.25) is 0 Å². The number of amides is 6. The van der Waals surface area contributed by atoms with E-state index in [1.165, 1.54) is 63.0 Å². The number of hydrogen-bond acceptors (Lipinski definition) is 13. The van der Waals surface area contributed by atoms with Gasteiger partial charge in [0.15, 0.2) is 0 Å². The van der Waals surface area contributed by atoms with E-state index in [1.807, 2.05) is 36.4 Å². The number of unbranched alkanes of at least 4 members (excludes halogenated alkanes) is 5. The molecule has 4 aromatic carbocycles. The minimum atomic E-state index is -1.56. The summed E-state index contributed by atoms with van der Waals surface area (Å²) in [5.41, 5.74) is 12.0. The normalized spacial score (nSPS) is 24.5. The number of ether oxygens (including phenoxy) is 1. The molecule has 0 spiro atoms. The molecule has 3 saturated heterocycles. The van der Waals surface area contributed by atoms with E-state index >= 15 is 0 Å². The maximum atomic E-state index is 14.4. The highest BCUT2D eigenvalue weighted by Gasteiger charge is 2.45. The second kappa shape index (κ2) is 28.8. The average Bonchev–Trinajstić information content (AvgIpc) is 4.07. The Bertz CT molecular complexity index is 2650. The number of nitrogens with zero attached hydrogens (tertiary/aromatic N) is 2. The van der Waals surface area contributed by atoms with Crippen molar-refractivity contribution in [1.82, 2.24) is 36.4 Å². The number of rotatable bonds is 18. The van der Waals surface area contributed by atoms with Crippen LogP contribution >= 0.6 is 0 Å². The number of nitrogens with two attached hydrogens (primary N) is 1. The van der Waals surface area contributed by atoms with Crippen LogP contribution in [0.3, 0.4) is 0 Å². The van der Waals surface area contributed by atoms with E-state index < -0.39 is 96.0 Å². The Kier molecular flexibility index (Phi) is 21.8. The zero-order valence-corrected chi connectivity index (χ0v) is 45.7. The van der Waals surface area contributed by atoms with Gasteiger partial charge in [0.25, 0.3) is 0 Å². The zero-order valence-electron chi connectivity index (χ0n) is 45.7. The zero-order chi connectivity index (χ0) is 56.6. The minimum absolute atomic E-state index is 0.0189. The van der Waals surface area contributed by atoms with Crippen LogP contribution in [-0.4, -0.2) is 153 Å². The SMILES string of the molecule is CCCCCCCCOc1ccc(-c2ccc(-c3ccc(CN[C@H]4CCCNC(=O)C5C[C@H](N)CN5C(=O)C(C(C)O)NC(=O)C(CCc5ccc(O)cc5)NC(=O)C5C[C@@H](O)CN5C(=O)C(C(C)O)NC4=O)cc3)cc2)cc1. The highest BCUT2D eigenvalue weighted by atomic mass is 16.5. The number of phenols is 1. The molecule has 0 aliphatic carbocycles. The third kappa shape index (κ3) is 16.6. The van der Waals surface area contributed by atoms with Gasteiger partial charge >= 0.3 is 0 Å². The van der Waals surface area contributed by atoms with Crippen LogP contribution in [0.4, 0.5) is 0 Å². The highest BCUT2D eigenvalue weighted by Crippen LogP contribution is 2.28. The van der Waals surface area contributed by atoms with E-state index in [9.17, 15) is 49.2 Å². The molecule has 7 rings (SSSR count). The monoisotopic (exact) mass is 1090 g/mol. The molecule has 19 nitrogen and oxygen atoms in total. The molecule has 0 saturated carbocycles. The second-order valence-electron chi connectivity index (χ2n) is 21.4. The third-order valence-electron chi connectivity index (χ3n) is 15.1. The predicted molar refractivity (Wildman–Crippen MR) is 299 cm³/mol. The van der Waals surface area contributed by atoms with Gasteiger partial charge in [0.1, 0.15) is 41.7 Å². The Morgan fingerprint density at radius 1 is 0.646 bits per heavy atom. The Morgan fingerprint density at radius 2 is 1.18 bits per heavy atom. The van der Waals surface area contributed by atoms with Crippen LogP contribution in [0.1, 0.15) is 103 Å². The van der Waals surface area contributed by atoms with Gasteiger partial charge in [-0.05, 0) is 110 Å². The number of hydrogen-bond donors (Lipinski definition) is 10. The molecule has 4 aromatic rings. The molecule has 3 fully saturated rings. The Balaban J connectivity index is 1.06. The van der Waals surface area contributed by atoms with Crippen LogP contribution in [0.15, 0.2) is 97.1 Å². The maximum absolute atomic E-state index is 14.4. The summed E-state index contributed by atoms with van der Waals surface area (Å²) in [6.45, 7) is 5.50. The summed E-state index contributed by atoms with van der Waals surface area (Å²) in [5.74, 6) is -3.57. The van der Waals surface area contributed by atoms with Crippen molar-refractivity contribution in [2.45, 2.75) is 165 Å².